The first-order chi connectivity index (χ1) is 12.4. The Hall–Kier alpha value is -2.06. The fourth-order valence-corrected chi connectivity index (χ4v) is 2.78. The number of carbonyl (C=O) groups excluding carboxylic acids is 2. The van der Waals surface area contributed by atoms with E-state index < -0.39 is 17.7 Å². The second-order valence-electron chi connectivity index (χ2n) is 6.50. The minimum absolute atomic E-state index is 0.00279. The molecule has 0 aliphatic carbocycles. The van der Waals surface area contributed by atoms with E-state index in [-0.39, 0.29) is 30.9 Å². The van der Waals surface area contributed by atoms with Crippen LogP contribution in [-0.4, -0.2) is 55.1 Å². The van der Waals surface area contributed by atoms with Gasteiger partial charge in [-0.1, -0.05) is 6.07 Å². The molecule has 0 saturated carbocycles. The number of benzene rings is 1. The smallest absolute Gasteiger partial charge is 0.237 e. The largest absolute Gasteiger partial charge is 0.377 e. The molecule has 0 radical (unpaired) electrons. The number of hydrogen-bond donors (Lipinski definition) is 2. The highest BCUT2D eigenvalue weighted by atomic mass is 19.2. The van der Waals surface area contributed by atoms with Crippen molar-refractivity contribution in [1.82, 2.24) is 15.5 Å². The summed E-state index contributed by atoms with van der Waals surface area (Å²) in [6.45, 7) is 5.82. The van der Waals surface area contributed by atoms with E-state index in [0.717, 1.165) is 12.1 Å². The topological polar surface area (TPSA) is 70.7 Å². The van der Waals surface area contributed by atoms with Crippen LogP contribution >= 0.6 is 0 Å². The second kappa shape index (κ2) is 9.59. The van der Waals surface area contributed by atoms with Gasteiger partial charge in [0.2, 0.25) is 11.8 Å². The average molecular weight is 369 g/mol. The van der Waals surface area contributed by atoms with E-state index in [1.807, 2.05) is 13.8 Å². The predicted octanol–water partition coefficient (Wildman–Crippen LogP) is 1.20. The Balaban J connectivity index is 1.93. The molecular formula is C18H25F2N3O3. The van der Waals surface area contributed by atoms with E-state index in [0.29, 0.717) is 31.8 Å². The average Bonchev–Trinajstić information content (AvgIpc) is 2.58. The molecule has 144 valence electrons. The van der Waals surface area contributed by atoms with Gasteiger partial charge >= 0.3 is 0 Å². The lowest BCUT2D eigenvalue weighted by molar-refractivity contribution is -0.134. The van der Waals surface area contributed by atoms with E-state index >= 15 is 0 Å². The summed E-state index contributed by atoms with van der Waals surface area (Å²) in [4.78, 5) is 26.1. The third-order valence-electron chi connectivity index (χ3n) is 4.07. The molecule has 2 amide bonds. The molecule has 1 saturated heterocycles. The highest BCUT2D eigenvalue weighted by Crippen LogP contribution is 2.16. The van der Waals surface area contributed by atoms with Crippen LogP contribution in [0.1, 0.15) is 25.8 Å². The zero-order valence-electron chi connectivity index (χ0n) is 15.1. The van der Waals surface area contributed by atoms with Crippen LogP contribution in [0.25, 0.3) is 0 Å². The van der Waals surface area contributed by atoms with Crippen molar-refractivity contribution in [3.05, 3.63) is 35.4 Å². The van der Waals surface area contributed by atoms with Crippen molar-refractivity contribution in [2.45, 2.75) is 39.0 Å². The summed E-state index contributed by atoms with van der Waals surface area (Å²) < 4.78 is 31.8. The number of amides is 2. The van der Waals surface area contributed by atoms with E-state index in [9.17, 15) is 18.4 Å². The summed E-state index contributed by atoms with van der Waals surface area (Å²) in [6.07, 6.45) is 0.0830. The Morgan fingerprint density at radius 3 is 2.85 bits per heavy atom. The van der Waals surface area contributed by atoms with Crippen molar-refractivity contribution in [3.63, 3.8) is 0 Å². The number of halogens is 2. The summed E-state index contributed by atoms with van der Waals surface area (Å²) in [5.41, 5.74) is 0.550. The molecular weight excluding hydrogens is 344 g/mol. The third kappa shape index (κ3) is 6.03. The highest BCUT2D eigenvalue weighted by Gasteiger charge is 2.31. The Kier molecular flexibility index (Phi) is 7.47. The molecule has 1 heterocycles. The zero-order chi connectivity index (χ0) is 19.1. The lowest BCUT2D eigenvalue weighted by Crippen LogP contribution is -2.56. The van der Waals surface area contributed by atoms with E-state index in [2.05, 4.69) is 10.6 Å². The number of carbonyl (C=O) groups is 2. The molecule has 8 heteroatoms. The molecule has 1 atom stereocenters. The summed E-state index contributed by atoms with van der Waals surface area (Å²) in [6, 6.07) is 3.00. The summed E-state index contributed by atoms with van der Waals surface area (Å²) in [5.74, 6) is -2.34. The minimum Gasteiger partial charge on any atom is -0.377 e. The van der Waals surface area contributed by atoms with Crippen molar-refractivity contribution >= 4 is 11.8 Å². The van der Waals surface area contributed by atoms with Crippen LogP contribution in [0, 0.1) is 11.6 Å². The van der Waals surface area contributed by atoms with Gasteiger partial charge in [-0.25, -0.2) is 8.78 Å². The second-order valence-corrected chi connectivity index (χ2v) is 6.50. The standard InChI is InChI=1S/C18H25F2N3O3/c1-12(2)26-8-6-21-17(24)10-16-18(25)22-5-7-23(16)11-13-3-4-14(19)15(20)9-13/h3-4,9,12,16H,5-8,10-11H2,1-2H3,(H,21,24)(H,22,25)/t16-/m1/s1. The molecule has 0 unspecified atom stereocenters. The van der Waals surface area contributed by atoms with Gasteiger partial charge in [-0.15, -0.1) is 0 Å². The molecule has 1 aliphatic rings. The van der Waals surface area contributed by atoms with Gasteiger partial charge in [-0.05, 0) is 31.5 Å². The lowest BCUT2D eigenvalue weighted by Gasteiger charge is -2.34. The first-order valence-electron chi connectivity index (χ1n) is 8.71. The zero-order valence-corrected chi connectivity index (χ0v) is 15.1. The summed E-state index contributed by atoms with van der Waals surface area (Å²) >= 11 is 0. The van der Waals surface area contributed by atoms with E-state index in [1.165, 1.54) is 6.07 Å². The number of rotatable bonds is 8. The van der Waals surface area contributed by atoms with Gasteiger partial charge in [0.25, 0.3) is 0 Å². The number of hydrogen-bond acceptors (Lipinski definition) is 4. The predicted molar refractivity (Wildman–Crippen MR) is 92.3 cm³/mol. The van der Waals surface area contributed by atoms with Crippen molar-refractivity contribution in [3.8, 4) is 0 Å². The molecule has 6 nitrogen and oxygen atoms in total. The Morgan fingerprint density at radius 1 is 1.38 bits per heavy atom. The fraction of sp³-hybridized carbons (Fsp3) is 0.556. The van der Waals surface area contributed by atoms with Gasteiger partial charge in [0.05, 0.1) is 25.2 Å². The van der Waals surface area contributed by atoms with Crippen LogP contribution in [0.2, 0.25) is 0 Å². The van der Waals surface area contributed by atoms with Crippen molar-refractivity contribution in [2.75, 3.05) is 26.2 Å². The van der Waals surface area contributed by atoms with Gasteiger partial charge in [-0.3, -0.25) is 14.5 Å². The first-order valence-corrected chi connectivity index (χ1v) is 8.71. The molecule has 26 heavy (non-hydrogen) atoms. The Labute approximate surface area is 151 Å². The van der Waals surface area contributed by atoms with Crippen molar-refractivity contribution in [1.29, 1.82) is 0 Å². The van der Waals surface area contributed by atoms with Crippen LogP contribution in [0.3, 0.4) is 0 Å². The number of ether oxygens (including phenoxy) is 1. The van der Waals surface area contributed by atoms with Crippen LogP contribution in [0.5, 0.6) is 0 Å². The van der Waals surface area contributed by atoms with Crippen LogP contribution in [0.4, 0.5) is 8.78 Å². The number of nitrogens with zero attached hydrogens (tertiary/aromatic N) is 1. The molecule has 0 bridgehead atoms. The maximum absolute atomic E-state index is 13.4. The van der Waals surface area contributed by atoms with E-state index in [1.54, 1.807) is 4.90 Å². The molecule has 0 spiro atoms. The third-order valence-corrected chi connectivity index (χ3v) is 4.07. The lowest BCUT2D eigenvalue weighted by atomic mass is 10.1. The molecule has 2 rings (SSSR count). The summed E-state index contributed by atoms with van der Waals surface area (Å²) in [5, 5.41) is 5.46. The minimum atomic E-state index is -0.927. The molecule has 2 N–H and O–H groups in total. The highest BCUT2D eigenvalue weighted by molar-refractivity contribution is 5.88. The van der Waals surface area contributed by atoms with Gasteiger partial charge in [0.1, 0.15) is 0 Å². The molecule has 1 aromatic carbocycles. The Morgan fingerprint density at radius 2 is 2.15 bits per heavy atom. The monoisotopic (exact) mass is 369 g/mol. The molecule has 1 aliphatic heterocycles. The Bertz CT molecular complexity index is 640. The maximum atomic E-state index is 13.4. The number of piperazine rings is 1. The van der Waals surface area contributed by atoms with Gasteiger partial charge in [0, 0.05) is 26.2 Å². The molecule has 1 fully saturated rings. The fourth-order valence-electron chi connectivity index (χ4n) is 2.78. The maximum Gasteiger partial charge on any atom is 0.237 e. The van der Waals surface area contributed by atoms with Gasteiger partial charge in [-0.2, -0.15) is 0 Å². The number of nitrogens with one attached hydrogen (secondary N) is 2. The van der Waals surface area contributed by atoms with E-state index in [4.69, 9.17) is 4.74 Å². The SMILES string of the molecule is CC(C)OCCNC(=O)C[C@@H]1C(=O)NCCN1Cc1ccc(F)c(F)c1. The van der Waals surface area contributed by atoms with Gasteiger partial charge < -0.3 is 15.4 Å². The van der Waals surface area contributed by atoms with Crippen LogP contribution in [0.15, 0.2) is 18.2 Å². The first kappa shape index (κ1) is 20.3. The van der Waals surface area contributed by atoms with Gasteiger partial charge in [0.15, 0.2) is 11.6 Å². The van der Waals surface area contributed by atoms with Crippen LogP contribution < -0.4 is 10.6 Å². The van der Waals surface area contributed by atoms with Crippen molar-refractivity contribution < 1.29 is 23.1 Å². The van der Waals surface area contributed by atoms with Crippen LogP contribution in [-0.2, 0) is 20.9 Å². The summed E-state index contributed by atoms with van der Waals surface area (Å²) in [7, 11) is 0. The normalized spacial score (nSPS) is 18.0. The van der Waals surface area contributed by atoms with Crippen molar-refractivity contribution in [2.24, 2.45) is 0 Å². The molecule has 0 aromatic heterocycles. The quantitative estimate of drug-likeness (QED) is 0.676. The molecule has 1 aromatic rings.